The minimum atomic E-state index is 0.470. The van der Waals surface area contributed by atoms with Crippen LogP contribution in [-0.2, 0) is 0 Å². The molecule has 0 radical (unpaired) electrons. The number of likely N-dealkylation sites (tertiary alicyclic amines) is 1. The van der Waals surface area contributed by atoms with Crippen LogP contribution in [-0.4, -0.2) is 43.7 Å². The van der Waals surface area contributed by atoms with E-state index in [0.717, 1.165) is 4.47 Å². The number of halogens is 1. The molecule has 0 saturated carbocycles. The third-order valence-electron chi connectivity index (χ3n) is 4.76. The first-order valence-electron chi connectivity index (χ1n) is 8.08. The molecule has 0 bridgehead atoms. The lowest BCUT2D eigenvalue weighted by molar-refractivity contribution is 0.146. The Morgan fingerprint density at radius 1 is 1.48 bits per heavy atom. The molecule has 2 fully saturated rings. The Kier molecular flexibility index (Phi) is 4.87. The van der Waals surface area contributed by atoms with Gasteiger partial charge < -0.3 is 15.5 Å². The van der Waals surface area contributed by atoms with Crippen molar-refractivity contribution in [1.29, 1.82) is 0 Å². The summed E-state index contributed by atoms with van der Waals surface area (Å²) in [4.78, 5) is 2.66. The molecule has 4 heteroatoms. The van der Waals surface area contributed by atoms with Crippen LogP contribution >= 0.6 is 15.9 Å². The molecule has 0 amide bonds. The monoisotopic (exact) mass is 351 g/mol. The molecule has 2 saturated heterocycles. The van der Waals surface area contributed by atoms with Gasteiger partial charge in [0.15, 0.2) is 0 Å². The molecule has 1 aromatic rings. The number of hydrogen-bond donors (Lipinski definition) is 2. The molecule has 2 aliphatic heterocycles. The van der Waals surface area contributed by atoms with E-state index in [0.29, 0.717) is 11.5 Å². The molecule has 2 N–H and O–H groups in total. The fourth-order valence-electron chi connectivity index (χ4n) is 3.67. The van der Waals surface area contributed by atoms with Gasteiger partial charge in [-0.15, -0.1) is 0 Å². The second kappa shape index (κ2) is 6.67. The van der Waals surface area contributed by atoms with Gasteiger partial charge in [-0.25, -0.2) is 0 Å². The maximum absolute atomic E-state index is 3.70. The van der Waals surface area contributed by atoms with Crippen molar-refractivity contribution >= 4 is 21.6 Å². The van der Waals surface area contributed by atoms with Crippen molar-refractivity contribution in [2.45, 2.75) is 32.2 Å². The van der Waals surface area contributed by atoms with Crippen LogP contribution in [0.5, 0.6) is 0 Å². The normalized spacial score (nSPS) is 30.5. The van der Waals surface area contributed by atoms with E-state index in [1.54, 1.807) is 0 Å². The molecular formula is C17H26BrN3. The van der Waals surface area contributed by atoms with Gasteiger partial charge in [-0.2, -0.15) is 0 Å². The topological polar surface area (TPSA) is 27.3 Å². The summed E-state index contributed by atoms with van der Waals surface area (Å²) in [7, 11) is 0. The van der Waals surface area contributed by atoms with E-state index in [4.69, 9.17) is 0 Å². The second-order valence-corrected chi connectivity index (χ2v) is 7.88. The molecule has 0 aromatic heterocycles. The second-order valence-electron chi connectivity index (χ2n) is 6.97. The van der Waals surface area contributed by atoms with Crippen molar-refractivity contribution in [3.8, 4) is 0 Å². The lowest BCUT2D eigenvalue weighted by atomic mass is 9.88. The van der Waals surface area contributed by atoms with Gasteiger partial charge >= 0.3 is 0 Å². The predicted molar refractivity (Wildman–Crippen MR) is 92.8 cm³/mol. The summed E-state index contributed by atoms with van der Waals surface area (Å²) in [5.74, 6) is 0. The molecule has 2 atom stereocenters. The number of nitrogens with one attached hydrogen (secondary N) is 2. The van der Waals surface area contributed by atoms with E-state index >= 15 is 0 Å². The highest BCUT2D eigenvalue weighted by molar-refractivity contribution is 9.10. The van der Waals surface area contributed by atoms with E-state index < -0.39 is 0 Å². The van der Waals surface area contributed by atoms with Crippen molar-refractivity contribution in [2.75, 3.05) is 38.0 Å². The predicted octanol–water partition coefficient (Wildman–Crippen LogP) is 3.33. The van der Waals surface area contributed by atoms with Crippen molar-refractivity contribution in [3.63, 3.8) is 0 Å². The third-order valence-corrected chi connectivity index (χ3v) is 5.26. The molecule has 116 valence electrons. The van der Waals surface area contributed by atoms with E-state index in [-0.39, 0.29) is 0 Å². The van der Waals surface area contributed by atoms with Crippen LogP contribution in [0.15, 0.2) is 28.7 Å². The van der Waals surface area contributed by atoms with Crippen LogP contribution in [0, 0.1) is 5.41 Å². The lowest BCUT2D eigenvalue weighted by Gasteiger charge is -2.38. The zero-order chi connectivity index (χ0) is 14.7. The molecular weight excluding hydrogens is 326 g/mol. The molecule has 2 aliphatic rings. The summed E-state index contributed by atoms with van der Waals surface area (Å²) >= 11 is 3.55. The Labute approximate surface area is 136 Å². The highest BCUT2D eigenvalue weighted by Crippen LogP contribution is 2.27. The summed E-state index contributed by atoms with van der Waals surface area (Å²) in [5, 5.41) is 7.21. The quantitative estimate of drug-likeness (QED) is 0.871. The van der Waals surface area contributed by atoms with Crippen molar-refractivity contribution in [3.05, 3.63) is 28.7 Å². The summed E-state index contributed by atoms with van der Waals surface area (Å²) in [6, 6.07) is 9.07. The van der Waals surface area contributed by atoms with Crippen LogP contribution in [0.3, 0.4) is 0 Å². The molecule has 2 heterocycles. The number of anilines is 1. The first-order chi connectivity index (χ1) is 10.1. The number of nitrogens with zero attached hydrogens (tertiary/aromatic N) is 1. The fraction of sp³-hybridized carbons (Fsp3) is 0.647. The third kappa shape index (κ3) is 4.21. The molecule has 3 nitrogen and oxygen atoms in total. The van der Waals surface area contributed by atoms with Crippen molar-refractivity contribution in [1.82, 2.24) is 10.2 Å². The van der Waals surface area contributed by atoms with Gasteiger partial charge in [0, 0.05) is 35.8 Å². The average molecular weight is 352 g/mol. The van der Waals surface area contributed by atoms with Gasteiger partial charge in [-0.05, 0) is 56.0 Å². The van der Waals surface area contributed by atoms with Crippen molar-refractivity contribution in [2.24, 2.45) is 5.41 Å². The van der Waals surface area contributed by atoms with Gasteiger partial charge in [-0.3, -0.25) is 0 Å². The SMILES string of the molecule is CC1(CN2CCCC(Nc3cccc(Br)c3)C2)CCNC1. The molecule has 1 aromatic carbocycles. The Morgan fingerprint density at radius 3 is 3.14 bits per heavy atom. The van der Waals surface area contributed by atoms with Crippen LogP contribution < -0.4 is 10.6 Å². The summed E-state index contributed by atoms with van der Waals surface area (Å²) in [6.45, 7) is 8.45. The molecule has 2 unspecified atom stereocenters. The summed E-state index contributed by atoms with van der Waals surface area (Å²) in [5.41, 5.74) is 1.70. The van der Waals surface area contributed by atoms with Gasteiger partial charge in [0.05, 0.1) is 0 Å². The maximum Gasteiger partial charge on any atom is 0.0388 e. The van der Waals surface area contributed by atoms with E-state index in [9.17, 15) is 0 Å². The minimum absolute atomic E-state index is 0.470. The Morgan fingerprint density at radius 2 is 2.38 bits per heavy atom. The molecule has 21 heavy (non-hydrogen) atoms. The largest absolute Gasteiger partial charge is 0.381 e. The Balaban J connectivity index is 1.55. The van der Waals surface area contributed by atoms with Gasteiger partial charge in [0.2, 0.25) is 0 Å². The smallest absolute Gasteiger partial charge is 0.0388 e. The Hall–Kier alpha value is -0.580. The highest BCUT2D eigenvalue weighted by Gasteiger charge is 2.32. The number of rotatable bonds is 4. The number of hydrogen-bond acceptors (Lipinski definition) is 3. The van der Waals surface area contributed by atoms with Crippen molar-refractivity contribution < 1.29 is 0 Å². The zero-order valence-electron chi connectivity index (χ0n) is 12.9. The first kappa shape index (κ1) is 15.3. The van der Waals surface area contributed by atoms with E-state index in [1.807, 2.05) is 0 Å². The lowest BCUT2D eigenvalue weighted by Crippen LogP contribution is -2.46. The van der Waals surface area contributed by atoms with Gasteiger partial charge in [0.1, 0.15) is 0 Å². The zero-order valence-corrected chi connectivity index (χ0v) is 14.5. The van der Waals surface area contributed by atoms with Crippen LogP contribution in [0.4, 0.5) is 5.69 Å². The minimum Gasteiger partial charge on any atom is -0.381 e. The summed E-state index contributed by atoms with van der Waals surface area (Å²) in [6.07, 6.45) is 3.89. The van der Waals surface area contributed by atoms with Gasteiger partial charge in [0.25, 0.3) is 0 Å². The van der Waals surface area contributed by atoms with Gasteiger partial charge in [-0.1, -0.05) is 28.9 Å². The molecule has 0 aliphatic carbocycles. The first-order valence-corrected chi connectivity index (χ1v) is 8.87. The number of benzene rings is 1. The standard InChI is InChI=1S/C17H26BrN3/c1-17(7-8-19-12-17)13-21-9-3-6-16(11-21)20-15-5-2-4-14(18)10-15/h2,4-5,10,16,19-20H,3,6-9,11-13H2,1H3. The highest BCUT2D eigenvalue weighted by atomic mass is 79.9. The fourth-order valence-corrected chi connectivity index (χ4v) is 4.07. The van der Waals surface area contributed by atoms with Crippen LogP contribution in [0.25, 0.3) is 0 Å². The van der Waals surface area contributed by atoms with E-state index in [2.05, 4.69) is 62.7 Å². The average Bonchev–Trinajstić information content (AvgIpc) is 2.85. The number of piperidine rings is 1. The van der Waals surface area contributed by atoms with Crippen LogP contribution in [0.2, 0.25) is 0 Å². The van der Waals surface area contributed by atoms with Crippen LogP contribution in [0.1, 0.15) is 26.2 Å². The molecule has 0 spiro atoms. The Bertz CT molecular complexity index is 471. The van der Waals surface area contributed by atoms with E-state index in [1.165, 1.54) is 57.7 Å². The summed E-state index contributed by atoms with van der Waals surface area (Å²) < 4.78 is 1.14. The maximum atomic E-state index is 3.70. The molecule has 3 rings (SSSR count).